The first-order valence-corrected chi connectivity index (χ1v) is 12.4. The van der Waals surface area contributed by atoms with Crippen molar-refractivity contribution in [1.29, 1.82) is 10.5 Å². The van der Waals surface area contributed by atoms with Gasteiger partial charge in [0.1, 0.15) is 29.1 Å². The van der Waals surface area contributed by atoms with Crippen LogP contribution in [0, 0.1) is 22.7 Å². The Kier molecular flexibility index (Phi) is 8.70. The molecule has 0 fully saturated rings. The molecule has 0 radical (unpaired) electrons. The summed E-state index contributed by atoms with van der Waals surface area (Å²) in [6.45, 7) is 0.765. The Bertz CT molecular complexity index is 1570. The van der Waals surface area contributed by atoms with E-state index in [-0.39, 0.29) is 22.8 Å². The lowest BCUT2D eigenvalue weighted by molar-refractivity contribution is -0.143. The van der Waals surface area contributed by atoms with E-state index in [9.17, 15) is 19.6 Å². The average Bonchev–Trinajstić information content (AvgIpc) is 2.99. The number of hydrogen-bond acceptors (Lipinski definition) is 9. The Morgan fingerprint density at radius 3 is 2.12 bits per heavy atom. The van der Waals surface area contributed by atoms with Crippen molar-refractivity contribution in [2.24, 2.45) is 0 Å². The van der Waals surface area contributed by atoms with Crippen LogP contribution in [0.5, 0.6) is 23.0 Å². The van der Waals surface area contributed by atoms with E-state index in [1.165, 1.54) is 31.4 Å². The monoisotopic (exact) mass is 556 g/mol. The Hall–Kier alpha value is -5.55. The molecule has 2 N–H and O–H groups in total. The third-order valence-electron chi connectivity index (χ3n) is 6.56. The minimum atomic E-state index is -1.04. The van der Waals surface area contributed by atoms with Gasteiger partial charge in [0.25, 0.3) is 0 Å². The molecule has 2 atom stereocenters. The van der Waals surface area contributed by atoms with Crippen LogP contribution >= 0.6 is 0 Å². The molecule has 5 rings (SSSR count). The third kappa shape index (κ3) is 6.37. The first kappa shape index (κ1) is 28.5. The number of benzene rings is 3. The molecule has 2 aliphatic heterocycles. The zero-order valence-electron chi connectivity index (χ0n) is 21.8. The van der Waals surface area contributed by atoms with Crippen LogP contribution in [-0.2, 0) is 14.3 Å². The Labute approximate surface area is 234 Å². The van der Waals surface area contributed by atoms with Crippen molar-refractivity contribution in [3.8, 4) is 35.1 Å². The molecule has 0 spiro atoms. The molecule has 3 aromatic carbocycles. The molecular weight excluding hydrogens is 532 g/mol. The largest absolute Gasteiger partial charge is 0.493 e. The van der Waals surface area contributed by atoms with Crippen LogP contribution in [0.15, 0.2) is 54.6 Å². The molecule has 2 aliphatic rings. The van der Waals surface area contributed by atoms with Crippen LogP contribution < -0.4 is 14.2 Å². The highest BCUT2D eigenvalue weighted by molar-refractivity contribution is 5.87. The van der Waals surface area contributed by atoms with Gasteiger partial charge in [-0.2, -0.15) is 10.5 Å². The summed E-state index contributed by atoms with van der Waals surface area (Å²) in [5, 5.41) is 36.1. The van der Waals surface area contributed by atoms with Gasteiger partial charge in [-0.3, -0.25) is 9.59 Å². The molecule has 0 amide bonds. The number of aromatic carboxylic acids is 1. The second-order valence-electron chi connectivity index (χ2n) is 9.03. The van der Waals surface area contributed by atoms with Gasteiger partial charge in [0.15, 0.2) is 0 Å². The van der Waals surface area contributed by atoms with E-state index in [0.717, 1.165) is 0 Å². The van der Waals surface area contributed by atoms with Gasteiger partial charge in [-0.25, -0.2) is 4.79 Å². The van der Waals surface area contributed by atoms with Crippen LogP contribution in [0.3, 0.4) is 0 Å². The van der Waals surface area contributed by atoms with Crippen LogP contribution in [0.25, 0.3) is 0 Å². The second kappa shape index (κ2) is 12.5. The molecule has 208 valence electrons. The van der Waals surface area contributed by atoms with Gasteiger partial charge in [-0.1, -0.05) is 0 Å². The number of esters is 1. The summed E-state index contributed by atoms with van der Waals surface area (Å²) in [4.78, 5) is 33.8. The molecule has 0 aromatic heterocycles. The SMILES string of the molecule is COC(=O)C1CCOc2cc(Oc3ccc(C(=O)O)cc3)c(C#N)cc21.N#Cc1ccc2c(c1)C(C(=O)O)CCO2. The van der Waals surface area contributed by atoms with Crippen molar-refractivity contribution >= 4 is 17.9 Å². The number of hydrogen-bond donors (Lipinski definition) is 2. The van der Waals surface area contributed by atoms with Crippen molar-refractivity contribution in [3.63, 3.8) is 0 Å². The van der Waals surface area contributed by atoms with Crippen molar-refractivity contribution in [2.75, 3.05) is 20.3 Å². The van der Waals surface area contributed by atoms with Gasteiger partial charge in [-0.05, 0) is 61.4 Å². The molecule has 11 heteroatoms. The summed E-state index contributed by atoms with van der Waals surface area (Å²) in [5.41, 5.74) is 2.03. The molecule has 0 aliphatic carbocycles. The summed E-state index contributed by atoms with van der Waals surface area (Å²) in [6, 6.07) is 17.9. The topological polar surface area (TPSA) is 176 Å². The lowest BCUT2D eigenvalue weighted by Crippen LogP contribution is -2.22. The molecule has 2 unspecified atom stereocenters. The number of carboxylic acid groups (broad SMARTS) is 2. The highest BCUT2D eigenvalue weighted by atomic mass is 16.5. The standard InChI is InChI=1S/C19H15NO6.C11H9NO3/c1-24-19(23)14-6-7-25-17-9-16(12(10-20)8-15(14)17)26-13-4-2-11(3-5-13)18(21)22;12-6-7-1-2-10-9(5-7)8(11(13)14)3-4-15-10/h2-5,8-9,14H,6-7H2,1H3,(H,21,22);1-2,5,8H,3-4H2,(H,13,14). The van der Waals surface area contributed by atoms with E-state index >= 15 is 0 Å². The van der Waals surface area contributed by atoms with Crippen LogP contribution in [0.4, 0.5) is 0 Å². The highest BCUT2D eigenvalue weighted by Gasteiger charge is 2.30. The van der Waals surface area contributed by atoms with Crippen LogP contribution in [0.2, 0.25) is 0 Å². The number of aliphatic carboxylic acids is 1. The normalized spacial score (nSPS) is 16.4. The summed E-state index contributed by atoms with van der Waals surface area (Å²) in [5.74, 6) is -1.64. The van der Waals surface area contributed by atoms with Gasteiger partial charge in [0.2, 0.25) is 0 Å². The summed E-state index contributed by atoms with van der Waals surface area (Å²) in [6.07, 6.45) is 0.929. The molecule has 0 bridgehead atoms. The molecule has 0 saturated heterocycles. The molecule has 2 heterocycles. The van der Waals surface area contributed by atoms with E-state index in [2.05, 4.69) is 0 Å². The number of carbonyl (C=O) groups excluding carboxylic acids is 1. The Morgan fingerprint density at radius 1 is 0.854 bits per heavy atom. The average molecular weight is 557 g/mol. The zero-order valence-corrected chi connectivity index (χ0v) is 21.8. The highest BCUT2D eigenvalue weighted by Crippen LogP contribution is 2.40. The van der Waals surface area contributed by atoms with E-state index < -0.39 is 23.8 Å². The zero-order chi connectivity index (χ0) is 29.5. The number of nitrogens with zero attached hydrogens (tertiary/aromatic N) is 2. The smallest absolute Gasteiger partial charge is 0.335 e. The molecule has 41 heavy (non-hydrogen) atoms. The summed E-state index contributed by atoms with van der Waals surface area (Å²) >= 11 is 0. The number of ether oxygens (including phenoxy) is 4. The van der Waals surface area contributed by atoms with E-state index in [4.69, 9.17) is 34.4 Å². The summed E-state index contributed by atoms with van der Waals surface area (Å²) < 4.78 is 21.5. The molecular formula is C30H24N2O9. The van der Waals surface area contributed by atoms with Crippen molar-refractivity contribution in [3.05, 3.63) is 82.4 Å². The maximum Gasteiger partial charge on any atom is 0.335 e. The predicted octanol–water partition coefficient (Wildman–Crippen LogP) is 4.60. The number of fused-ring (bicyclic) bond motifs is 2. The van der Waals surface area contributed by atoms with Gasteiger partial charge < -0.3 is 29.2 Å². The van der Waals surface area contributed by atoms with Gasteiger partial charge in [0, 0.05) is 17.2 Å². The molecule has 11 nitrogen and oxygen atoms in total. The van der Waals surface area contributed by atoms with Gasteiger partial charge in [0.05, 0.1) is 54.9 Å². The predicted molar refractivity (Wildman–Crippen MR) is 141 cm³/mol. The molecule has 0 saturated carbocycles. The maximum atomic E-state index is 12.0. The lowest BCUT2D eigenvalue weighted by Gasteiger charge is -2.25. The Balaban J connectivity index is 0.000000218. The fourth-order valence-electron chi connectivity index (χ4n) is 4.49. The minimum absolute atomic E-state index is 0.132. The van der Waals surface area contributed by atoms with Gasteiger partial charge >= 0.3 is 17.9 Å². The second-order valence-corrected chi connectivity index (χ2v) is 9.03. The third-order valence-corrected chi connectivity index (χ3v) is 6.56. The lowest BCUT2D eigenvalue weighted by atomic mass is 9.91. The van der Waals surface area contributed by atoms with Crippen molar-refractivity contribution in [1.82, 2.24) is 0 Å². The molecule has 3 aromatic rings. The summed E-state index contributed by atoms with van der Waals surface area (Å²) in [7, 11) is 1.32. The minimum Gasteiger partial charge on any atom is -0.493 e. The van der Waals surface area contributed by atoms with E-state index in [1.807, 2.05) is 12.1 Å². The van der Waals surface area contributed by atoms with Crippen LogP contribution in [0.1, 0.15) is 57.3 Å². The van der Waals surface area contributed by atoms with E-state index in [0.29, 0.717) is 60.0 Å². The fraction of sp³-hybridized carbons (Fsp3) is 0.233. The first-order valence-electron chi connectivity index (χ1n) is 12.4. The van der Waals surface area contributed by atoms with Crippen LogP contribution in [-0.4, -0.2) is 48.4 Å². The number of methoxy groups -OCH3 is 1. The van der Waals surface area contributed by atoms with Crippen molar-refractivity contribution < 1.29 is 43.5 Å². The number of nitriles is 2. The fourth-order valence-corrected chi connectivity index (χ4v) is 4.49. The first-order chi connectivity index (χ1) is 19.7. The van der Waals surface area contributed by atoms with Crippen molar-refractivity contribution in [2.45, 2.75) is 24.7 Å². The van der Waals surface area contributed by atoms with Gasteiger partial charge in [-0.15, -0.1) is 0 Å². The number of carbonyl (C=O) groups is 3. The van der Waals surface area contributed by atoms with E-state index in [1.54, 1.807) is 30.3 Å². The number of rotatable bonds is 5. The Morgan fingerprint density at radius 2 is 1.51 bits per heavy atom. The quantitative estimate of drug-likeness (QED) is 0.420. The maximum absolute atomic E-state index is 12.0. The number of carboxylic acids is 2.